The summed E-state index contributed by atoms with van der Waals surface area (Å²) in [4.78, 5) is 10.5. The molecule has 0 bridgehead atoms. The molecule has 1 rings (SSSR count). The van der Waals surface area contributed by atoms with Crippen LogP contribution in [0.3, 0.4) is 0 Å². The first-order valence-electron chi connectivity index (χ1n) is 2.54. The summed E-state index contributed by atoms with van der Waals surface area (Å²) in [5, 5.41) is 2.50. The van der Waals surface area contributed by atoms with Gasteiger partial charge in [0.1, 0.15) is 0 Å². The number of hydrogen-bond donors (Lipinski definition) is 1. The molecule has 1 N–H and O–H groups in total. The SMILES string of the molecule is Cc1[nH]n(C)c(=O)c1F. The van der Waals surface area contributed by atoms with Gasteiger partial charge in [-0.2, -0.15) is 4.39 Å². The summed E-state index contributed by atoms with van der Waals surface area (Å²) in [6.07, 6.45) is 0. The lowest BCUT2D eigenvalue weighted by atomic mass is 10.5. The highest BCUT2D eigenvalue weighted by Crippen LogP contribution is 1.92. The van der Waals surface area contributed by atoms with Gasteiger partial charge in [0, 0.05) is 7.05 Å². The molecule has 9 heavy (non-hydrogen) atoms. The van der Waals surface area contributed by atoms with Gasteiger partial charge in [0.25, 0.3) is 0 Å². The van der Waals surface area contributed by atoms with Crippen molar-refractivity contribution in [2.75, 3.05) is 0 Å². The van der Waals surface area contributed by atoms with E-state index >= 15 is 0 Å². The van der Waals surface area contributed by atoms with Crippen molar-refractivity contribution in [3.63, 3.8) is 0 Å². The van der Waals surface area contributed by atoms with Gasteiger partial charge in [0.05, 0.1) is 5.69 Å². The van der Waals surface area contributed by atoms with E-state index in [2.05, 4.69) is 5.10 Å². The molecule has 1 aromatic rings. The smallest absolute Gasteiger partial charge is 0.297 e. The highest BCUT2D eigenvalue weighted by Gasteiger charge is 2.05. The summed E-state index contributed by atoms with van der Waals surface area (Å²) < 4.78 is 13.5. The number of nitrogens with one attached hydrogen (secondary N) is 1. The Labute approximate surface area is 51.1 Å². The number of aromatic amines is 1. The first kappa shape index (κ1) is 6.07. The van der Waals surface area contributed by atoms with Crippen molar-refractivity contribution in [3.8, 4) is 0 Å². The van der Waals surface area contributed by atoms with Gasteiger partial charge in [-0.3, -0.25) is 14.6 Å². The van der Waals surface area contributed by atoms with E-state index in [1.54, 1.807) is 0 Å². The van der Waals surface area contributed by atoms with Crippen molar-refractivity contribution in [2.45, 2.75) is 6.92 Å². The van der Waals surface area contributed by atoms with Crippen molar-refractivity contribution in [3.05, 3.63) is 21.9 Å². The van der Waals surface area contributed by atoms with Crippen LogP contribution in [-0.2, 0) is 7.05 Å². The van der Waals surface area contributed by atoms with Crippen LogP contribution in [0.15, 0.2) is 4.79 Å². The second kappa shape index (κ2) is 1.72. The van der Waals surface area contributed by atoms with Gasteiger partial charge in [-0.05, 0) is 6.92 Å². The molecule has 3 nitrogen and oxygen atoms in total. The molecule has 0 aliphatic rings. The van der Waals surface area contributed by atoms with Crippen LogP contribution in [0.2, 0.25) is 0 Å². The summed E-state index contributed by atoms with van der Waals surface area (Å²) in [6.45, 7) is 1.51. The average Bonchev–Trinajstić information content (AvgIpc) is 1.98. The fraction of sp³-hybridized carbons (Fsp3) is 0.400. The molecular weight excluding hydrogens is 123 g/mol. The predicted molar refractivity (Wildman–Crippen MR) is 30.7 cm³/mol. The van der Waals surface area contributed by atoms with Crippen LogP contribution in [0.25, 0.3) is 0 Å². The van der Waals surface area contributed by atoms with Gasteiger partial charge in [-0.1, -0.05) is 0 Å². The maximum Gasteiger partial charge on any atom is 0.302 e. The third-order valence-electron chi connectivity index (χ3n) is 1.16. The van der Waals surface area contributed by atoms with Crippen molar-refractivity contribution in [1.82, 2.24) is 9.78 Å². The van der Waals surface area contributed by atoms with E-state index in [1.807, 2.05) is 0 Å². The normalized spacial score (nSPS) is 10.1. The molecule has 0 aliphatic carbocycles. The standard InChI is InChI=1S/C5H7FN2O/c1-3-4(6)5(9)8(2)7-3/h7H,1-2H3. The lowest BCUT2D eigenvalue weighted by Crippen LogP contribution is -2.13. The second-order valence-corrected chi connectivity index (χ2v) is 1.91. The lowest BCUT2D eigenvalue weighted by molar-refractivity contribution is 0.603. The van der Waals surface area contributed by atoms with E-state index in [4.69, 9.17) is 0 Å². The first-order valence-corrected chi connectivity index (χ1v) is 2.54. The molecule has 0 atom stereocenters. The maximum atomic E-state index is 12.4. The minimum atomic E-state index is -0.697. The third kappa shape index (κ3) is 0.759. The van der Waals surface area contributed by atoms with Crippen LogP contribution in [0.5, 0.6) is 0 Å². The van der Waals surface area contributed by atoms with Gasteiger partial charge >= 0.3 is 5.56 Å². The van der Waals surface area contributed by atoms with Crippen molar-refractivity contribution in [1.29, 1.82) is 0 Å². The van der Waals surface area contributed by atoms with Crippen LogP contribution in [0.4, 0.5) is 4.39 Å². The summed E-state index contributed by atoms with van der Waals surface area (Å²) >= 11 is 0. The minimum absolute atomic E-state index is 0.280. The molecule has 1 aromatic heterocycles. The summed E-state index contributed by atoms with van der Waals surface area (Å²) in [7, 11) is 1.47. The number of rotatable bonds is 0. The Morgan fingerprint density at radius 1 is 1.67 bits per heavy atom. The topological polar surface area (TPSA) is 37.8 Å². The Morgan fingerprint density at radius 3 is 2.33 bits per heavy atom. The Morgan fingerprint density at radius 2 is 2.22 bits per heavy atom. The van der Waals surface area contributed by atoms with E-state index in [1.165, 1.54) is 14.0 Å². The Hall–Kier alpha value is -1.06. The van der Waals surface area contributed by atoms with Crippen molar-refractivity contribution < 1.29 is 4.39 Å². The zero-order valence-electron chi connectivity index (χ0n) is 5.23. The highest BCUT2D eigenvalue weighted by atomic mass is 19.1. The first-order chi connectivity index (χ1) is 4.13. The summed E-state index contributed by atoms with van der Waals surface area (Å²) in [5.41, 5.74) is -0.324. The quantitative estimate of drug-likeness (QED) is 0.533. The summed E-state index contributed by atoms with van der Waals surface area (Å²) in [6, 6.07) is 0. The largest absolute Gasteiger partial charge is 0.302 e. The van der Waals surface area contributed by atoms with Gasteiger partial charge in [-0.15, -0.1) is 0 Å². The second-order valence-electron chi connectivity index (χ2n) is 1.91. The average molecular weight is 130 g/mol. The number of nitrogens with zero attached hydrogens (tertiary/aromatic N) is 1. The molecule has 50 valence electrons. The van der Waals surface area contributed by atoms with Gasteiger partial charge in [-0.25, -0.2) is 0 Å². The zero-order chi connectivity index (χ0) is 7.02. The Bertz CT molecular complexity index is 273. The molecule has 0 amide bonds. The van der Waals surface area contributed by atoms with Gasteiger partial charge in [0.2, 0.25) is 5.82 Å². The number of H-pyrrole nitrogens is 1. The predicted octanol–water partition coefficient (Wildman–Crippen LogP) is 0.161. The van der Waals surface area contributed by atoms with E-state index < -0.39 is 11.4 Å². The molecule has 0 radical (unpaired) electrons. The monoisotopic (exact) mass is 130 g/mol. The molecule has 0 spiro atoms. The van der Waals surface area contributed by atoms with Crippen LogP contribution >= 0.6 is 0 Å². The molecule has 0 saturated carbocycles. The molecular formula is C5H7FN2O. The van der Waals surface area contributed by atoms with E-state index in [0.717, 1.165) is 4.68 Å². The van der Waals surface area contributed by atoms with E-state index in [9.17, 15) is 9.18 Å². The van der Waals surface area contributed by atoms with Crippen LogP contribution < -0.4 is 5.56 Å². The van der Waals surface area contributed by atoms with Crippen molar-refractivity contribution >= 4 is 0 Å². The van der Waals surface area contributed by atoms with Crippen LogP contribution in [-0.4, -0.2) is 9.78 Å². The third-order valence-corrected chi connectivity index (χ3v) is 1.16. The molecule has 1 heterocycles. The van der Waals surface area contributed by atoms with Gasteiger partial charge < -0.3 is 0 Å². The van der Waals surface area contributed by atoms with E-state index in [0.29, 0.717) is 0 Å². The maximum absolute atomic E-state index is 12.4. The van der Waals surface area contributed by atoms with Crippen molar-refractivity contribution in [2.24, 2.45) is 7.05 Å². The zero-order valence-corrected chi connectivity index (χ0v) is 5.23. The summed E-state index contributed by atoms with van der Waals surface area (Å²) in [5.74, 6) is -0.697. The fourth-order valence-corrected chi connectivity index (χ4v) is 0.659. The Kier molecular flexibility index (Phi) is 1.16. The highest BCUT2D eigenvalue weighted by molar-refractivity contribution is 4.99. The van der Waals surface area contributed by atoms with E-state index in [-0.39, 0.29) is 5.69 Å². The molecule has 0 fully saturated rings. The number of hydrogen-bond acceptors (Lipinski definition) is 1. The Balaban J connectivity index is 3.48. The number of aryl methyl sites for hydroxylation is 2. The molecule has 0 aliphatic heterocycles. The lowest BCUT2D eigenvalue weighted by Gasteiger charge is -1.82. The number of halogens is 1. The van der Waals surface area contributed by atoms with Crippen LogP contribution in [0.1, 0.15) is 5.69 Å². The molecule has 0 saturated heterocycles. The fourth-order valence-electron chi connectivity index (χ4n) is 0.659. The minimum Gasteiger partial charge on any atom is -0.297 e. The van der Waals surface area contributed by atoms with Gasteiger partial charge in [0.15, 0.2) is 0 Å². The molecule has 4 heteroatoms. The molecule has 0 unspecified atom stereocenters. The molecule has 0 aromatic carbocycles. The van der Waals surface area contributed by atoms with Crippen LogP contribution in [0, 0.1) is 12.7 Å². The number of aromatic nitrogens is 2.